The summed E-state index contributed by atoms with van der Waals surface area (Å²) in [4.78, 5) is 0.337. The molecule has 0 N–H and O–H groups in total. The van der Waals surface area contributed by atoms with Crippen molar-refractivity contribution in [1.82, 2.24) is 4.31 Å². The predicted molar refractivity (Wildman–Crippen MR) is 61.0 cm³/mol. The highest BCUT2D eigenvalue weighted by Crippen LogP contribution is 2.14. The monoisotopic (exact) mass is 226 g/mol. The molecule has 0 bridgehead atoms. The lowest BCUT2D eigenvalue weighted by molar-refractivity contribution is 0.474. The maximum atomic E-state index is 11.9. The molecule has 0 aromatic heterocycles. The van der Waals surface area contributed by atoms with E-state index in [0.717, 1.165) is 5.56 Å². The van der Waals surface area contributed by atoms with Gasteiger partial charge in [-0.15, -0.1) is 0 Å². The minimum Gasteiger partial charge on any atom is -0.207 e. The molecule has 1 aromatic carbocycles. The van der Waals surface area contributed by atoms with Crippen LogP contribution in [0, 0.1) is 13.8 Å². The van der Waals surface area contributed by atoms with Gasteiger partial charge in [-0.3, -0.25) is 0 Å². The first-order chi connectivity index (χ1) is 6.98. The van der Waals surface area contributed by atoms with E-state index >= 15 is 0 Å². The van der Waals surface area contributed by atoms with E-state index in [1.807, 2.05) is 6.92 Å². The van der Waals surface area contributed by atoms with E-state index < -0.39 is 10.0 Å². The van der Waals surface area contributed by atoms with Gasteiger partial charge in [0.25, 0.3) is 0 Å². The zero-order valence-electron chi connectivity index (χ0n) is 9.10. The molecule has 3 nitrogen and oxygen atoms in total. The first-order valence-electron chi connectivity index (χ1n) is 4.80. The Morgan fingerprint density at radius 2 is 1.80 bits per heavy atom. The molecule has 0 spiro atoms. The van der Waals surface area contributed by atoms with E-state index in [0.29, 0.717) is 17.9 Å². The molecule has 15 heavy (non-hydrogen) atoms. The molecule has 0 aliphatic rings. The van der Waals surface area contributed by atoms with Crippen molar-refractivity contribution in [3.8, 4) is 0 Å². The third kappa shape index (κ3) is 2.79. The molecule has 4 heteroatoms. The molecule has 0 unspecified atom stereocenters. The Labute approximate surface area is 91.8 Å². The van der Waals surface area contributed by atoms with Crippen LogP contribution >= 0.6 is 0 Å². The van der Waals surface area contributed by atoms with Gasteiger partial charge in [0, 0.05) is 13.6 Å². The van der Waals surface area contributed by atoms with Crippen LogP contribution in [0.25, 0.3) is 0 Å². The molecule has 1 aromatic rings. The molecule has 0 aliphatic carbocycles. The van der Waals surface area contributed by atoms with Gasteiger partial charge in [-0.1, -0.05) is 24.6 Å². The summed E-state index contributed by atoms with van der Waals surface area (Å²) >= 11 is 0. The second-order valence-electron chi connectivity index (χ2n) is 3.49. The SMILES string of the molecule is [CH2]CCN(C)S(=O)(=O)c1ccc(C)cc1. The molecular formula is C11H16NO2S. The number of aryl methyl sites for hydroxylation is 1. The minimum atomic E-state index is -3.32. The second-order valence-corrected chi connectivity index (χ2v) is 5.54. The first kappa shape index (κ1) is 12.2. The van der Waals surface area contributed by atoms with Gasteiger partial charge >= 0.3 is 0 Å². The Balaban J connectivity index is 3.01. The zero-order chi connectivity index (χ0) is 11.5. The fraction of sp³-hybridized carbons (Fsp3) is 0.364. The lowest BCUT2D eigenvalue weighted by Crippen LogP contribution is -2.27. The van der Waals surface area contributed by atoms with Crippen LogP contribution in [0.1, 0.15) is 12.0 Å². The van der Waals surface area contributed by atoms with Crippen LogP contribution in [-0.2, 0) is 10.0 Å². The quantitative estimate of drug-likeness (QED) is 0.785. The number of nitrogens with zero attached hydrogens (tertiary/aromatic N) is 1. The van der Waals surface area contributed by atoms with Crippen molar-refractivity contribution in [2.24, 2.45) is 0 Å². The number of rotatable bonds is 4. The van der Waals surface area contributed by atoms with Gasteiger partial charge in [0.2, 0.25) is 10.0 Å². The van der Waals surface area contributed by atoms with Gasteiger partial charge in [0.05, 0.1) is 4.90 Å². The van der Waals surface area contributed by atoms with E-state index in [1.54, 1.807) is 31.3 Å². The summed E-state index contributed by atoms with van der Waals surface area (Å²) in [5.74, 6) is 0. The standard InChI is InChI=1S/C11H16NO2S/c1-4-9-12(3)15(13,14)11-7-5-10(2)6-8-11/h5-8H,1,4,9H2,2-3H3. The highest BCUT2D eigenvalue weighted by molar-refractivity contribution is 7.89. The molecule has 1 rings (SSSR count). The summed E-state index contributed by atoms with van der Waals surface area (Å²) < 4.78 is 25.2. The van der Waals surface area contributed by atoms with Gasteiger partial charge in [-0.2, -0.15) is 0 Å². The van der Waals surface area contributed by atoms with Crippen molar-refractivity contribution in [3.05, 3.63) is 36.8 Å². The summed E-state index contributed by atoms with van der Waals surface area (Å²) in [6.07, 6.45) is 0.571. The van der Waals surface area contributed by atoms with E-state index in [-0.39, 0.29) is 0 Å². The molecule has 0 heterocycles. The minimum absolute atomic E-state index is 0.337. The summed E-state index contributed by atoms with van der Waals surface area (Å²) in [5, 5.41) is 0. The number of hydrogen-bond donors (Lipinski definition) is 0. The van der Waals surface area contributed by atoms with E-state index in [2.05, 4.69) is 6.92 Å². The smallest absolute Gasteiger partial charge is 0.207 e. The number of benzene rings is 1. The third-order valence-electron chi connectivity index (χ3n) is 2.20. The average Bonchev–Trinajstić information content (AvgIpc) is 2.18. The van der Waals surface area contributed by atoms with Crippen LogP contribution < -0.4 is 0 Å². The number of hydrogen-bond acceptors (Lipinski definition) is 2. The van der Waals surface area contributed by atoms with E-state index in [9.17, 15) is 8.42 Å². The maximum Gasteiger partial charge on any atom is 0.242 e. The Bertz CT molecular complexity index is 409. The topological polar surface area (TPSA) is 37.4 Å². The molecule has 83 valence electrons. The van der Waals surface area contributed by atoms with Crippen molar-refractivity contribution in [2.75, 3.05) is 13.6 Å². The first-order valence-corrected chi connectivity index (χ1v) is 6.24. The van der Waals surface area contributed by atoms with Crippen molar-refractivity contribution in [3.63, 3.8) is 0 Å². The van der Waals surface area contributed by atoms with Gasteiger partial charge < -0.3 is 0 Å². The normalized spacial score (nSPS) is 12.0. The zero-order valence-corrected chi connectivity index (χ0v) is 9.92. The second kappa shape index (κ2) is 4.77. The fourth-order valence-electron chi connectivity index (χ4n) is 1.23. The van der Waals surface area contributed by atoms with Gasteiger partial charge in [-0.25, -0.2) is 12.7 Å². The largest absolute Gasteiger partial charge is 0.242 e. The highest BCUT2D eigenvalue weighted by atomic mass is 32.2. The Morgan fingerprint density at radius 3 is 2.27 bits per heavy atom. The Kier molecular flexibility index (Phi) is 3.88. The molecule has 0 fully saturated rings. The summed E-state index contributed by atoms with van der Waals surface area (Å²) in [5.41, 5.74) is 1.05. The highest BCUT2D eigenvalue weighted by Gasteiger charge is 2.19. The van der Waals surface area contributed by atoms with Crippen molar-refractivity contribution in [1.29, 1.82) is 0 Å². The van der Waals surface area contributed by atoms with Crippen LogP contribution in [-0.4, -0.2) is 26.3 Å². The van der Waals surface area contributed by atoms with Gasteiger partial charge in [-0.05, 0) is 25.5 Å². The van der Waals surface area contributed by atoms with Crippen LogP contribution in [0.3, 0.4) is 0 Å². The van der Waals surface area contributed by atoms with E-state index in [4.69, 9.17) is 0 Å². The summed E-state index contributed by atoms with van der Waals surface area (Å²) in [6.45, 7) is 6.01. The number of sulfonamides is 1. The predicted octanol–water partition coefficient (Wildman–Crippen LogP) is 1.84. The lowest BCUT2D eigenvalue weighted by Gasteiger charge is -2.16. The Hall–Kier alpha value is -0.870. The molecule has 0 saturated heterocycles. The fourth-order valence-corrected chi connectivity index (χ4v) is 2.44. The van der Waals surface area contributed by atoms with Crippen LogP contribution in [0.4, 0.5) is 0 Å². The lowest BCUT2D eigenvalue weighted by atomic mass is 10.2. The van der Waals surface area contributed by atoms with Gasteiger partial charge in [0.1, 0.15) is 0 Å². The van der Waals surface area contributed by atoms with Gasteiger partial charge in [0.15, 0.2) is 0 Å². The van der Waals surface area contributed by atoms with Crippen molar-refractivity contribution >= 4 is 10.0 Å². The summed E-state index contributed by atoms with van der Waals surface area (Å²) in [6, 6.07) is 6.85. The molecule has 0 atom stereocenters. The molecular weight excluding hydrogens is 210 g/mol. The van der Waals surface area contributed by atoms with E-state index in [1.165, 1.54) is 4.31 Å². The molecule has 0 aliphatic heterocycles. The van der Waals surface area contributed by atoms with Crippen LogP contribution in [0.2, 0.25) is 0 Å². The average molecular weight is 226 g/mol. The Morgan fingerprint density at radius 1 is 1.27 bits per heavy atom. The third-order valence-corrected chi connectivity index (χ3v) is 4.07. The molecule has 1 radical (unpaired) electrons. The van der Waals surface area contributed by atoms with Crippen LogP contribution in [0.5, 0.6) is 0 Å². The molecule has 0 saturated carbocycles. The van der Waals surface area contributed by atoms with Crippen molar-refractivity contribution < 1.29 is 8.42 Å². The molecule has 0 amide bonds. The van der Waals surface area contributed by atoms with Crippen molar-refractivity contribution in [2.45, 2.75) is 18.2 Å². The summed E-state index contributed by atoms with van der Waals surface area (Å²) in [7, 11) is -1.75. The maximum absolute atomic E-state index is 11.9. The van der Waals surface area contributed by atoms with Crippen LogP contribution in [0.15, 0.2) is 29.2 Å².